The number of amides is 1. The quantitative estimate of drug-likeness (QED) is 0.825. The highest BCUT2D eigenvalue weighted by Crippen LogP contribution is 2.21. The third kappa shape index (κ3) is 3.92. The van der Waals surface area contributed by atoms with Gasteiger partial charge in [0.05, 0.1) is 7.11 Å². The number of esters is 1. The molecule has 0 unspecified atom stereocenters. The van der Waals surface area contributed by atoms with Crippen molar-refractivity contribution in [2.75, 3.05) is 7.11 Å². The predicted octanol–water partition coefficient (Wildman–Crippen LogP) is 1.83. The molecule has 120 valence electrons. The first-order valence-corrected chi connectivity index (χ1v) is 6.91. The van der Waals surface area contributed by atoms with Crippen LogP contribution in [0.15, 0.2) is 54.6 Å². The normalized spacial score (nSPS) is 13.0. The molecule has 1 amide bonds. The molecule has 0 saturated carbocycles. The highest BCUT2D eigenvalue weighted by molar-refractivity contribution is 5.96. The maximum absolute atomic E-state index is 13.8. The van der Waals surface area contributed by atoms with Gasteiger partial charge in [0.25, 0.3) is 5.91 Å². The molecule has 0 aromatic heterocycles. The fraction of sp³-hybridized carbons (Fsp3) is 0.176. The molecule has 2 rings (SSSR count). The summed E-state index contributed by atoms with van der Waals surface area (Å²) >= 11 is 0. The van der Waals surface area contributed by atoms with Crippen LogP contribution in [0.2, 0.25) is 0 Å². The van der Waals surface area contributed by atoms with E-state index in [1.807, 2.05) is 0 Å². The second-order valence-electron chi connectivity index (χ2n) is 4.81. The molecule has 0 saturated heterocycles. The Morgan fingerprint density at radius 2 is 1.70 bits per heavy atom. The van der Waals surface area contributed by atoms with Crippen molar-refractivity contribution in [3.63, 3.8) is 0 Å². The second kappa shape index (κ2) is 7.51. The van der Waals surface area contributed by atoms with Crippen LogP contribution in [-0.4, -0.2) is 30.1 Å². The number of benzene rings is 2. The minimum Gasteiger partial charge on any atom is -0.467 e. The minimum atomic E-state index is -1.57. The van der Waals surface area contributed by atoms with Crippen molar-refractivity contribution < 1.29 is 23.8 Å². The summed E-state index contributed by atoms with van der Waals surface area (Å²) in [5, 5.41) is 12.7. The van der Waals surface area contributed by atoms with Gasteiger partial charge in [-0.2, -0.15) is 0 Å². The lowest BCUT2D eigenvalue weighted by molar-refractivity contribution is -0.146. The molecule has 23 heavy (non-hydrogen) atoms. The van der Waals surface area contributed by atoms with E-state index in [1.165, 1.54) is 18.2 Å². The molecule has 5 nitrogen and oxygen atoms in total. The average Bonchev–Trinajstić information content (AvgIpc) is 2.59. The number of aliphatic hydroxyl groups excluding tert-OH is 1. The zero-order valence-electron chi connectivity index (χ0n) is 12.4. The Bertz CT molecular complexity index is 690. The molecular weight excluding hydrogens is 301 g/mol. The van der Waals surface area contributed by atoms with E-state index in [0.717, 1.165) is 13.2 Å². The molecule has 2 aromatic carbocycles. The van der Waals surface area contributed by atoms with Gasteiger partial charge in [-0.25, -0.2) is 9.18 Å². The van der Waals surface area contributed by atoms with E-state index < -0.39 is 29.8 Å². The largest absolute Gasteiger partial charge is 0.467 e. The molecule has 0 spiro atoms. The number of rotatable bonds is 5. The Balaban J connectivity index is 2.26. The third-order valence-electron chi connectivity index (χ3n) is 3.32. The molecule has 2 N–H and O–H groups in total. The van der Waals surface area contributed by atoms with Gasteiger partial charge >= 0.3 is 5.97 Å². The van der Waals surface area contributed by atoms with Gasteiger partial charge in [-0.05, 0) is 18.2 Å². The van der Waals surface area contributed by atoms with Crippen molar-refractivity contribution in [1.29, 1.82) is 0 Å². The van der Waals surface area contributed by atoms with Crippen LogP contribution in [0.4, 0.5) is 4.39 Å². The first-order valence-electron chi connectivity index (χ1n) is 6.91. The number of halogens is 1. The van der Waals surface area contributed by atoms with E-state index in [4.69, 9.17) is 0 Å². The molecule has 0 aliphatic heterocycles. The molecule has 0 radical (unpaired) electrons. The summed E-state index contributed by atoms with van der Waals surface area (Å²) in [6.07, 6.45) is -1.57. The van der Waals surface area contributed by atoms with E-state index in [-0.39, 0.29) is 5.56 Å². The van der Waals surface area contributed by atoms with E-state index in [1.54, 1.807) is 30.3 Å². The number of carbonyl (C=O) groups excluding carboxylic acids is 2. The van der Waals surface area contributed by atoms with E-state index in [2.05, 4.69) is 10.1 Å². The van der Waals surface area contributed by atoms with Crippen molar-refractivity contribution in [1.82, 2.24) is 5.32 Å². The van der Waals surface area contributed by atoms with Gasteiger partial charge in [-0.15, -0.1) is 0 Å². The predicted molar refractivity (Wildman–Crippen MR) is 81.1 cm³/mol. The minimum absolute atomic E-state index is 0.101. The molecule has 6 heteroatoms. The molecule has 0 aliphatic carbocycles. The number of ether oxygens (including phenoxy) is 1. The summed E-state index contributed by atoms with van der Waals surface area (Å²) in [6, 6.07) is 12.2. The van der Waals surface area contributed by atoms with Crippen LogP contribution >= 0.6 is 0 Å². The van der Waals surface area contributed by atoms with Crippen molar-refractivity contribution in [3.8, 4) is 0 Å². The van der Waals surface area contributed by atoms with Crippen LogP contribution < -0.4 is 5.32 Å². The number of hydrogen-bond acceptors (Lipinski definition) is 4. The standard InChI is InChI=1S/C17H16FNO4/c1-23-17(22)14(15(20)12-9-5-6-10-13(12)18)19-16(21)11-7-3-2-4-8-11/h2-10,14-15,20H,1H3,(H,19,21)/t14-,15-/m0/s1. The number of carbonyl (C=O) groups is 2. The summed E-state index contributed by atoms with van der Waals surface area (Å²) in [4.78, 5) is 24.1. The van der Waals surface area contributed by atoms with Gasteiger partial charge in [-0.1, -0.05) is 36.4 Å². The van der Waals surface area contributed by atoms with Gasteiger partial charge < -0.3 is 15.2 Å². The summed E-state index contributed by atoms with van der Waals surface area (Å²) < 4.78 is 18.4. The monoisotopic (exact) mass is 317 g/mol. The first-order chi connectivity index (χ1) is 11.0. The highest BCUT2D eigenvalue weighted by Gasteiger charge is 2.32. The zero-order valence-corrected chi connectivity index (χ0v) is 12.4. The summed E-state index contributed by atoms with van der Waals surface area (Å²) in [5.74, 6) is -2.12. The lowest BCUT2D eigenvalue weighted by atomic mass is 10.0. The van der Waals surface area contributed by atoms with Crippen molar-refractivity contribution in [2.45, 2.75) is 12.1 Å². The van der Waals surface area contributed by atoms with Crippen LogP contribution in [-0.2, 0) is 9.53 Å². The molecule has 0 bridgehead atoms. The average molecular weight is 317 g/mol. The SMILES string of the molecule is COC(=O)[C@@H](NC(=O)c1ccccc1)[C@@H](O)c1ccccc1F. The lowest BCUT2D eigenvalue weighted by Crippen LogP contribution is -2.45. The van der Waals surface area contributed by atoms with Gasteiger partial charge in [0.15, 0.2) is 6.04 Å². The topological polar surface area (TPSA) is 75.6 Å². The number of methoxy groups -OCH3 is 1. The molecule has 0 aliphatic rings. The van der Waals surface area contributed by atoms with Crippen molar-refractivity contribution >= 4 is 11.9 Å². The number of hydrogen-bond donors (Lipinski definition) is 2. The first kappa shape index (κ1) is 16.6. The smallest absolute Gasteiger partial charge is 0.331 e. The molecule has 2 aromatic rings. The number of aliphatic hydroxyl groups is 1. The van der Waals surface area contributed by atoms with Gasteiger partial charge in [-0.3, -0.25) is 4.79 Å². The van der Waals surface area contributed by atoms with E-state index >= 15 is 0 Å². The number of nitrogens with one attached hydrogen (secondary N) is 1. The summed E-state index contributed by atoms with van der Waals surface area (Å²) in [7, 11) is 1.12. The Morgan fingerprint density at radius 1 is 1.09 bits per heavy atom. The van der Waals surface area contributed by atoms with Crippen LogP contribution in [0.3, 0.4) is 0 Å². The van der Waals surface area contributed by atoms with E-state index in [9.17, 15) is 19.1 Å². The van der Waals surface area contributed by atoms with Crippen molar-refractivity contribution in [2.24, 2.45) is 0 Å². The van der Waals surface area contributed by atoms with Gasteiger partial charge in [0.2, 0.25) is 0 Å². The van der Waals surface area contributed by atoms with Crippen molar-refractivity contribution in [3.05, 3.63) is 71.5 Å². The second-order valence-corrected chi connectivity index (χ2v) is 4.81. The van der Waals surface area contributed by atoms with E-state index in [0.29, 0.717) is 5.56 Å². The maximum atomic E-state index is 13.8. The fourth-order valence-electron chi connectivity index (χ4n) is 2.10. The van der Waals surface area contributed by atoms with Crippen LogP contribution in [0.1, 0.15) is 22.0 Å². The Labute approximate surface area is 132 Å². The molecular formula is C17H16FNO4. The summed E-state index contributed by atoms with van der Waals surface area (Å²) in [6.45, 7) is 0. The fourth-order valence-corrected chi connectivity index (χ4v) is 2.10. The highest BCUT2D eigenvalue weighted by atomic mass is 19.1. The maximum Gasteiger partial charge on any atom is 0.331 e. The molecule has 0 fully saturated rings. The van der Waals surface area contributed by atoms with Crippen LogP contribution in [0, 0.1) is 5.82 Å². The Morgan fingerprint density at radius 3 is 2.30 bits per heavy atom. The Kier molecular flexibility index (Phi) is 5.43. The molecule has 2 atom stereocenters. The van der Waals surface area contributed by atoms with Gasteiger partial charge in [0.1, 0.15) is 11.9 Å². The zero-order chi connectivity index (χ0) is 16.8. The Hall–Kier alpha value is -2.73. The van der Waals surface area contributed by atoms with Gasteiger partial charge in [0, 0.05) is 11.1 Å². The van der Waals surface area contributed by atoms with Crippen LogP contribution in [0.25, 0.3) is 0 Å². The molecule has 0 heterocycles. The van der Waals surface area contributed by atoms with Crippen LogP contribution in [0.5, 0.6) is 0 Å². The lowest BCUT2D eigenvalue weighted by Gasteiger charge is -2.22. The third-order valence-corrected chi connectivity index (χ3v) is 3.32. The summed E-state index contributed by atoms with van der Waals surface area (Å²) in [5.41, 5.74) is 0.207.